The van der Waals surface area contributed by atoms with E-state index in [1.807, 2.05) is 6.07 Å². The molecule has 2 aromatic rings. The zero-order valence-electron chi connectivity index (χ0n) is 8.19. The molecule has 0 amide bonds. The van der Waals surface area contributed by atoms with Crippen LogP contribution in [-0.2, 0) is 11.3 Å². The molecule has 0 aliphatic carbocycles. The van der Waals surface area contributed by atoms with E-state index in [4.69, 9.17) is 14.6 Å². The number of aromatic nitrogens is 1. The number of oxazole rings is 1. The minimum atomic E-state index is -0.474. The molecule has 0 spiro atoms. The molecule has 0 aliphatic heterocycles. The van der Waals surface area contributed by atoms with Gasteiger partial charge in [0.1, 0.15) is 6.54 Å². The van der Waals surface area contributed by atoms with Gasteiger partial charge in [0.15, 0.2) is 5.58 Å². The summed E-state index contributed by atoms with van der Waals surface area (Å²) in [5, 5.41) is 7.36. The van der Waals surface area contributed by atoms with Gasteiger partial charge in [0.2, 0.25) is 5.90 Å². The van der Waals surface area contributed by atoms with Crippen molar-refractivity contribution in [1.82, 2.24) is 4.57 Å². The third kappa shape index (κ3) is 1.63. The second kappa shape index (κ2) is 3.61. The van der Waals surface area contributed by atoms with Crippen LogP contribution in [0.5, 0.6) is 0 Å². The number of benzene rings is 1. The Morgan fingerprint density at radius 3 is 3.00 bits per heavy atom. The third-order valence-electron chi connectivity index (χ3n) is 2.12. The van der Waals surface area contributed by atoms with Gasteiger partial charge in [-0.15, -0.1) is 0 Å². The maximum absolute atomic E-state index is 11.4. The number of hydrogen-bond donors (Lipinski definition) is 1. The summed E-state index contributed by atoms with van der Waals surface area (Å²) in [6.07, 6.45) is 0. The van der Waals surface area contributed by atoms with Gasteiger partial charge in [0, 0.05) is 0 Å². The predicted molar refractivity (Wildman–Crippen MR) is 55.2 cm³/mol. The monoisotopic (exact) mass is 206 g/mol. The predicted octanol–water partition coefficient (Wildman–Crippen LogP) is 1.22. The molecule has 1 N–H and O–H groups in total. The SMILES string of the molecule is COC(=N)Cn1c(=O)oc2ccccc21. The Hall–Kier alpha value is -2.04. The van der Waals surface area contributed by atoms with Crippen LogP contribution < -0.4 is 5.76 Å². The molecule has 78 valence electrons. The molecule has 0 bridgehead atoms. The number of fused-ring (bicyclic) bond motifs is 1. The van der Waals surface area contributed by atoms with Gasteiger partial charge in [-0.3, -0.25) is 9.98 Å². The van der Waals surface area contributed by atoms with Crippen molar-refractivity contribution in [3.63, 3.8) is 0 Å². The van der Waals surface area contributed by atoms with Crippen LogP contribution in [0.2, 0.25) is 0 Å². The number of para-hydroxylation sites is 2. The number of methoxy groups -OCH3 is 1. The van der Waals surface area contributed by atoms with Crippen LogP contribution in [0.3, 0.4) is 0 Å². The number of nitrogens with one attached hydrogen (secondary N) is 1. The first-order chi connectivity index (χ1) is 7.22. The normalized spacial score (nSPS) is 10.5. The molecule has 0 fully saturated rings. The van der Waals surface area contributed by atoms with Crippen molar-refractivity contribution >= 4 is 17.0 Å². The van der Waals surface area contributed by atoms with E-state index < -0.39 is 5.76 Å². The topological polar surface area (TPSA) is 68.2 Å². The Morgan fingerprint density at radius 2 is 2.27 bits per heavy atom. The molecular weight excluding hydrogens is 196 g/mol. The number of nitrogens with zero attached hydrogens (tertiary/aromatic N) is 1. The van der Waals surface area contributed by atoms with Gasteiger partial charge < -0.3 is 9.15 Å². The van der Waals surface area contributed by atoms with Crippen LogP contribution in [0.1, 0.15) is 0 Å². The molecule has 1 heterocycles. The smallest absolute Gasteiger partial charge is 0.420 e. The second-order valence-electron chi connectivity index (χ2n) is 3.05. The van der Waals surface area contributed by atoms with Crippen LogP contribution in [0.15, 0.2) is 33.5 Å². The van der Waals surface area contributed by atoms with E-state index in [0.717, 1.165) is 0 Å². The lowest BCUT2D eigenvalue weighted by molar-refractivity contribution is 0.377. The molecular formula is C10H10N2O3. The highest BCUT2D eigenvalue weighted by Gasteiger charge is 2.09. The van der Waals surface area contributed by atoms with E-state index in [0.29, 0.717) is 11.1 Å². The molecule has 5 heteroatoms. The molecule has 0 saturated heterocycles. The number of rotatable bonds is 2. The molecule has 1 aromatic carbocycles. The van der Waals surface area contributed by atoms with Gasteiger partial charge >= 0.3 is 5.76 Å². The van der Waals surface area contributed by atoms with E-state index in [-0.39, 0.29) is 12.4 Å². The Bertz CT molecular complexity index is 553. The van der Waals surface area contributed by atoms with Crippen molar-refractivity contribution in [2.24, 2.45) is 0 Å². The number of hydrogen-bond acceptors (Lipinski definition) is 4. The minimum absolute atomic E-state index is 0.0173. The third-order valence-corrected chi connectivity index (χ3v) is 2.12. The molecule has 0 saturated carbocycles. The molecule has 2 rings (SSSR count). The lowest BCUT2D eigenvalue weighted by Crippen LogP contribution is -2.20. The summed E-state index contributed by atoms with van der Waals surface area (Å²) in [6.45, 7) is 0.0896. The molecule has 0 atom stereocenters. The standard InChI is InChI=1S/C10H10N2O3/c1-14-9(11)6-12-7-4-2-3-5-8(7)15-10(12)13/h2-5,11H,6H2,1H3. The summed E-state index contributed by atoms with van der Waals surface area (Å²) in [6, 6.07) is 7.08. The Morgan fingerprint density at radius 1 is 1.53 bits per heavy atom. The molecule has 1 aromatic heterocycles. The van der Waals surface area contributed by atoms with Crippen LogP contribution in [0.4, 0.5) is 0 Å². The molecule has 15 heavy (non-hydrogen) atoms. The van der Waals surface area contributed by atoms with Gasteiger partial charge in [-0.25, -0.2) is 4.79 Å². The Labute approximate surface area is 85.4 Å². The van der Waals surface area contributed by atoms with E-state index >= 15 is 0 Å². The Balaban J connectivity index is 2.54. The summed E-state index contributed by atoms with van der Waals surface area (Å²) in [5.41, 5.74) is 1.19. The van der Waals surface area contributed by atoms with Gasteiger partial charge in [0.25, 0.3) is 0 Å². The maximum atomic E-state index is 11.4. The largest absolute Gasteiger partial charge is 0.483 e. The summed E-state index contributed by atoms with van der Waals surface area (Å²) in [7, 11) is 1.40. The van der Waals surface area contributed by atoms with Gasteiger partial charge in [-0.2, -0.15) is 0 Å². The van der Waals surface area contributed by atoms with Crippen LogP contribution in [0.25, 0.3) is 11.1 Å². The second-order valence-corrected chi connectivity index (χ2v) is 3.05. The quantitative estimate of drug-likeness (QED) is 0.593. The fraction of sp³-hybridized carbons (Fsp3) is 0.200. The van der Waals surface area contributed by atoms with Crippen LogP contribution >= 0.6 is 0 Å². The highest BCUT2D eigenvalue weighted by Crippen LogP contribution is 2.11. The zero-order valence-corrected chi connectivity index (χ0v) is 8.19. The Kier molecular flexibility index (Phi) is 2.29. The van der Waals surface area contributed by atoms with Gasteiger partial charge in [-0.05, 0) is 12.1 Å². The first-order valence-electron chi connectivity index (χ1n) is 4.42. The highest BCUT2D eigenvalue weighted by molar-refractivity contribution is 5.77. The first kappa shape index (κ1) is 9.51. The summed E-state index contributed by atoms with van der Waals surface area (Å²) in [4.78, 5) is 11.4. The van der Waals surface area contributed by atoms with Crippen molar-refractivity contribution in [3.05, 3.63) is 34.8 Å². The van der Waals surface area contributed by atoms with Crippen molar-refractivity contribution in [1.29, 1.82) is 5.41 Å². The van der Waals surface area contributed by atoms with Crippen molar-refractivity contribution < 1.29 is 9.15 Å². The maximum Gasteiger partial charge on any atom is 0.420 e. The van der Waals surface area contributed by atoms with Gasteiger partial charge in [0.05, 0.1) is 12.6 Å². The fourth-order valence-corrected chi connectivity index (χ4v) is 1.37. The summed E-state index contributed by atoms with van der Waals surface area (Å²) in [5.74, 6) is -0.457. The van der Waals surface area contributed by atoms with E-state index in [1.165, 1.54) is 11.7 Å². The van der Waals surface area contributed by atoms with E-state index in [9.17, 15) is 4.79 Å². The molecule has 0 aliphatic rings. The summed E-state index contributed by atoms with van der Waals surface area (Å²) >= 11 is 0. The fourth-order valence-electron chi connectivity index (χ4n) is 1.37. The van der Waals surface area contributed by atoms with Gasteiger partial charge in [-0.1, -0.05) is 12.1 Å². The van der Waals surface area contributed by atoms with Crippen molar-refractivity contribution in [2.75, 3.05) is 7.11 Å². The lowest BCUT2D eigenvalue weighted by atomic mass is 10.3. The molecule has 5 nitrogen and oxygen atoms in total. The van der Waals surface area contributed by atoms with Crippen LogP contribution in [0, 0.1) is 5.41 Å². The highest BCUT2D eigenvalue weighted by atomic mass is 16.5. The van der Waals surface area contributed by atoms with E-state index in [2.05, 4.69) is 0 Å². The average molecular weight is 206 g/mol. The first-order valence-corrected chi connectivity index (χ1v) is 4.42. The lowest BCUT2D eigenvalue weighted by Gasteiger charge is -2.01. The molecule has 0 radical (unpaired) electrons. The average Bonchev–Trinajstić information content (AvgIpc) is 2.55. The van der Waals surface area contributed by atoms with Crippen LogP contribution in [-0.4, -0.2) is 17.6 Å². The minimum Gasteiger partial charge on any atom is -0.483 e. The van der Waals surface area contributed by atoms with Crippen molar-refractivity contribution in [2.45, 2.75) is 6.54 Å². The van der Waals surface area contributed by atoms with Crippen molar-refractivity contribution in [3.8, 4) is 0 Å². The summed E-state index contributed by atoms with van der Waals surface area (Å²) < 4.78 is 11.1. The number of ether oxygens (including phenoxy) is 1. The van der Waals surface area contributed by atoms with E-state index in [1.54, 1.807) is 18.2 Å². The zero-order chi connectivity index (χ0) is 10.8. The molecule has 0 unspecified atom stereocenters.